The number of benzene rings is 2. The van der Waals surface area contributed by atoms with Crippen LogP contribution in [0.25, 0.3) is 0 Å². The van der Waals surface area contributed by atoms with Crippen molar-refractivity contribution in [1.82, 2.24) is 10.2 Å². The Labute approximate surface area is 245 Å². The van der Waals surface area contributed by atoms with Gasteiger partial charge in [-0.25, -0.2) is 4.79 Å². The lowest BCUT2D eigenvalue weighted by molar-refractivity contribution is -0.144. The fourth-order valence-electron chi connectivity index (χ4n) is 4.64. The van der Waals surface area contributed by atoms with Crippen LogP contribution in [0.1, 0.15) is 91.8 Å². The lowest BCUT2D eigenvalue weighted by Crippen LogP contribution is -2.55. The Kier molecular flexibility index (Phi) is 12.2. The lowest BCUT2D eigenvalue weighted by atomic mass is 9.95. The van der Waals surface area contributed by atoms with Crippen LogP contribution in [0.2, 0.25) is 0 Å². The zero-order chi connectivity index (χ0) is 30.9. The smallest absolute Gasteiger partial charge is 0.408 e. The molecular formula is C33H49N3O5. The minimum atomic E-state index is -1.01. The minimum absolute atomic E-state index is 0.0572. The molecule has 0 aromatic heterocycles. The Balaban J connectivity index is 2.63. The van der Waals surface area contributed by atoms with E-state index in [1.807, 2.05) is 52.0 Å². The van der Waals surface area contributed by atoms with Gasteiger partial charge >= 0.3 is 6.09 Å². The van der Waals surface area contributed by atoms with Gasteiger partial charge in [-0.2, -0.15) is 0 Å². The summed E-state index contributed by atoms with van der Waals surface area (Å²) < 4.78 is 5.49. The maximum absolute atomic E-state index is 14.5. The number of nitrogens with zero attached hydrogens (tertiary/aromatic N) is 1. The highest BCUT2D eigenvalue weighted by Crippen LogP contribution is 2.31. The summed E-state index contributed by atoms with van der Waals surface area (Å²) in [7, 11) is 0. The molecular weight excluding hydrogens is 518 g/mol. The molecule has 0 radical (unpaired) electrons. The zero-order valence-electron chi connectivity index (χ0n) is 26.2. The van der Waals surface area contributed by atoms with E-state index in [1.165, 1.54) is 12.1 Å². The largest absolute Gasteiger partial charge is 0.508 e. The SMILES string of the molecule is Cc1ccccc1NC(=O)C(c1ccc(O)cc1)N(C(=O)C(CC(C)C)NC(=O)OC(C)(C)C)C(C)CCC(C)C. The van der Waals surface area contributed by atoms with Gasteiger partial charge in [-0.3, -0.25) is 9.59 Å². The van der Waals surface area contributed by atoms with Gasteiger partial charge in [0.25, 0.3) is 5.91 Å². The number of para-hydroxylation sites is 1. The van der Waals surface area contributed by atoms with Crippen molar-refractivity contribution in [2.75, 3.05) is 5.32 Å². The van der Waals surface area contributed by atoms with Gasteiger partial charge in [-0.15, -0.1) is 0 Å². The van der Waals surface area contributed by atoms with Crippen LogP contribution in [0.15, 0.2) is 48.5 Å². The summed E-state index contributed by atoms with van der Waals surface area (Å²) in [5.41, 5.74) is 1.36. The monoisotopic (exact) mass is 567 g/mol. The average molecular weight is 568 g/mol. The molecule has 2 aromatic rings. The molecule has 3 amide bonds. The maximum atomic E-state index is 14.5. The highest BCUT2D eigenvalue weighted by Gasteiger charge is 2.39. The summed E-state index contributed by atoms with van der Waals surface area (Å²) in [6.07, 6.45) is 1.20. The molecule has 0 heterocycles. The number of hydrogen-bond acceptors (Lipinski definition) is 5. The highest BCUT2D eigenvalue weighted by molar-refractivity contribution is 5.99. The number of anilines is 1. The first kappa shape index (κ1) is 33.7. The van der Waals surface area contributed by atoms with E-state index in [0.29, 0.717) is 30.0 Å². The van der Waals surface area contributed by atoms with E-state index >= 15 is 0 Å². The number of phenolic OH excluding ortho intramolecular Hbond substituents is 1. The average Bonchev–Trinajstić information content (AvgIpc) is 2.85. The van der Waals surface area contributed by atoms with E-state index in [0.717, 1.165) is 12.0 Å². The van der Waals surface area contributed by atoms with Gasteiger partial charge in [0.15, 0.2) is 0 Å². The Morgan fingerprint density at radius 2 is 1.51 bits per heavy atom. The molecule has 0 fully saturated rings. The van der Waals surface area contributed by atoms with Gasteiger partial charge in [0.1, 0.15) is 23.4 Å². The van der Waals surface area contributed by atoms with Crippen molar-refractivity contribution in [3.05, 3.63) is 59.7 Å². The van der Waals surface area contributed by atoms with Crippen molar-refractivity contribution in [2.45, 2.75) is 105 Å². The Morgan fingerprint density at radius 1 is 0.902 bits per heavy atom. The van der Waals surface area contributed by atoms with Gasteiger partial charge in [0.2, 0.25) is 5.91 Å². The normalized spacial score (nSPS) is 13.8. The fraction of sp³-hybridized carbons (Fsp3) is 0.545. The molecule has 0 saturated carbocycles. The number of hydrogen-bond donors (Lipinski definition) is 3. The predicted octanol–water partition coefficient (Wildman–Crippen LogP) is 6.97. The van der Waals surface area contributed by atoms with Crippen molar-refractivity contribution in [2.24, 2.45) is 11.8 Å². The van der Waals surface area contributed by atoms with Crippen LogP contribution in [0, 0.1) is 18.8 Å². The molecule has 0 saturated heterocycles. The summed E-state index contributed by atoms with van der Waals surface area (Å²) >= 11 is 0. The van der Waals surface area contributed by atoms with Gasteiger partial charge in [-0.1, -0.05) is 58.0 Å². The van der Waals surface area contributed by atoms with E-state index in [4.69, 9.17) is 4.74 Å². The van der Waals surface area contributed by atoms with E-state index in [9.17, 15) is 19.5 Å². The number of rotatable bonds is 12. The third kappa shape index (κ3) is 10.7. The molecule has 8 heteroatoms. The van der Waals surface area contributed by atoms with Crippen molar-refractivity contribution in [3.8, 4) is 5.75 Å². The number of aryl methyl sites for hydroxylation is 1. The van der Waals surface area contributed by atoms with Gasteiger partial charge in [0.05, 0.1) is 0 Å². The standard InChI is InChI=1S/C33H49N3O5/c1-21(2)14-15-24(6)36(31(39)28(20-22(3)4)35-32(40)41-33(7,8)9)29(25-16-18-26(37)19-17-25)30(38)34-27-13-11-10-12-23(27)5/h10-13,16-19,21-22,24,28-29,37H,14-15,20H2,1-9H3,(H,34,38)(H,35,40). The maximum Gasteiger partial charge on any atom is 0.408 e. The number of phenols is 1. The van der Waals surface area contributed by atoms with E-state index in [-0.39, 0.29) is 29.5 Å². The van der Waals surface area contributed by atoms with Gasteiger partial charge in [0, 0.05) is 11.7 Å². The number of carbonyl (C=O) groups is 3. The second-order valence-corrected chi connectivity index (χ2v) is 12.7. The zero-order valence-corrected chi connectivity index (χ0v) is 26.2. The van der Waals surface area contributed by atoms with Gasteiger partial charge in [-0.05, 0) is 95.0 Å². The van der Waals surface area contributed by atoms with Crippen molar-refractivity contribution >= 4 is 23.6 Å². The molecule has 0 aliphatic carbocycles. The predicted molar refractivity (Wildman–Crippen MR) is 164 cm³/mol. The van der Waals surface area contributed by atoms with Crippen LogP contribution in [-0.4, -0.2) is 45.6 Å². The Morgan fingerprint density at radius 3 is 2.05 bits per heavy atom. The molecule has 226 valence electrons. The van der Waals surface area contributed by atoms with Crippen molar-refractivity contribution in [3.63, 3.8) is 0 Å². The van der Waals surface area contributed by atoms with Crippen LogP contribution in [0.4, 0.5) is 10.5 Å². The van der Waals surface area contributed by atoms with E-state index < -0.39 is 23.8 Å². The molecule has 3 N–H and O–H groups in total. The van der Waals surface area contributed by atoms with Crippen LogP contribution in [-0.2, 0) is 14.3 Å². The molecule has 0 aliphatic heterocycles. The summed E-state index contributed by atoms with van der Waals surface area (Å²) in [4.78, 5) is 43.1. The highest BCUT2D eigenvalue weighted by atomic mass is 16.6. The Hall–Kier alpha value is -3.55. The number of amides is 3. The molecule has 3 atom stereocenters. The molecule has 3 unspecified atom stereocenters. The summed E-state index contributed by atoms with van der Waals surface area (Å²) in [6, 6.07) is 11.5. The molecule has 2 rings (SSSR count). The number of ether oxygens (including phenoxy) is 1. The number of carbonyl (C=O) groups excluding carboxylic acids is 3. The molecule has 0 bridgehead atoms. The van der Waals surface area contributed by atoms with Crippen LogP contribution < -0.4 is 10.6 Å². The van der Waals surface area contributed by atoms with Crippen molar-refractivity contribution < 1.29 is 24.2 Å². The first-order chi connectivity index (χ1) is 19.1. The summed E-state index contributed by atoms with van der Waals surface area (Å²) in [5, 5.41) is 15.8. The summed E-state index contributed by atoms with van der Waals surface area (Å²) in [5.74, 6) is -0.204. The van der Waals surface area contributed by atoms with Crippen LogP contribution in [0.3, 0.4) is 0 Å². The second kappa shape index (κ2) is 14.9. The molecule has 0 aliphatic rings. The molecule has 8 nitrogen and oxygen atoms in total. The third-order valence-electron chi connectivity index (χ3n) is 6.73. The van der Waals surface area contributed by atoms with Gasteiger partial charge < -0.3 is 25.4 Å². The fourth-order valence-corrected chi connectivity index (χ4v) is 4.64. The lowest BCUT2D eigenvalue weighted by Gasteiger charge is -2.39. The number of alkyl carbamates (subject to hydrolysis) is 1. The number of aromatic hydroxyl groups is 1. The molecule has 0 spiro atoms. The molecule has 2 aromatic carbocycles. The van der Waals surface area contributed by atoms with E-state index in [1.54, 1.807) is 37.8 Å². The molecule has 41 heavy (non-hydrogen) atoms. The first-order valence-corrected chi connectivity index (χ1v) is 14.6. The second-order valence-electron chi connectivity index (χ2n) is 12.7. The third-order valence-corrected chi connectivity index (χ3v) is 6.73. The van der Waals surface area contributed by atoms with Crippen molar-refractivity contribution in [1.29, 1.82) is 0 Å². The first-order valence-electron chi connectivity index (χ1n) is 14.6. The minimum Gasteiger partial charge on any atom is -0.508 e. The summed E-state index contributed by atoms with van der Waals surface area (Å²) in [6.45, 7) is 17.3. The quantitative estimate of drug-likeness (QED) is 0.257. The topological polar surface area (TPSA) is 108 Å². The van der Waals surface area contributed by atoms with E-state index in [2.05, 4.69) is 24.5 Å². The van der Waals surface area contributed by atoms with Crippen LogP contribution >= 0.6 is 0 Å². The number of nitrogens with one attached hydrogen (secondary N) is 2. The van der Waals surface area contributed by atoms with Crippen LogP contribution in [0.5, 0.6) is 5.75 Å². The Bertz CT molecular complexity index is 1150.